The molecular weight excluding hydrogens is 466 g/mol. The van der Waals surface area contributed by atoms with Crippen molar-refractivity contribution in [2.75, 3.05) is 19.6 Å². The number of carboxylic acids is 1. The molecule has 1 saturated heterocycles. The smallest absolute Gasteiger partial charge is 0.306 e. The third-order valence-electron chi connectivity index (χ3n) is 8.35. The van der Waals surface area contributed by atoms with Gasteiger partial charge in [-0.25, -0.2) is 0 Å². The Morgan fingerprint density at radius 2 is 1.76 bits per heavy atom. The molecule has 0 unspecified atom stereocenters. The van der Waals surface area contributed by atoms with Crippen molar-refractivity contribution in [2.45, 2.75) is 84.6 Å². The van der Waals surface area contributed by atoms with Gasteiger partial charge in [0.15, 0.2) is 0 Å². The predicted molar refractivity (Wildman–Crippen MR) is 142 cm³/mol. The Morgan fingerprint density at radius 3 is 2.41 bits per heavy atom. The summed E-state index contributed by atoms with van der Waals surface area (Å²) in [4.78, 5) is 18.3. The lowest BCUT2D eigenvalue weighted by atomic mass is 9.87. The molecule has 2 aliphatic rings. The molecule has 1 saturated carbocycles. The Kier molecular flexibility index (Phi) is 7.74. The van der Waals surface area contributed by atoms with Crippen LogP contribution < -0.4 is 0 Å². The topological polar surface area (TPSA) is 97.3 Å². The first-order valence-electron chi connectivity index (χ1n) is 13.9. The summed E-state index contributed by atoms with van der Waals surface area (Å²) in [7, 11) is 0. The zero-order valence-corrected chi connectivity index (χ0v) is 22.4. The number of aryl methyl sites for hydroxylation is 3. The summed E-state index contributed by atoms with van der Waals surface area (Å²) in [5, 5.41) is 18.3. The molecule has 198 valence electrons. The molecule has 0 atom stereocenters. The Bertz CT molecular complexity index is 1210. The molecule has 1 aromatic carbocycles. The van der Waals surface area contributed by atoms with Crippen LogP contribution in [-0.2, 0) is 17.8 Å². The van der Waals surface area contributed by atoms with Crippen LogP contribution in [0.2, 0.25) is 0 Å². The van der Waals surface area contributed by atoms with E-state index in [9.17, 15) is 9.90 Å². The van der Waals surface area contributed by atoms with Crippen LogP contribution in [0.5, 0.6) is 0 Å². The summed E-state index contributed by atoms with van der Waals surface area (Å²) in [6.45, 7) is 9.91. The van der Waals surface area contributed by atoms with Gasteiger partial charge < -0.3 is 14.5 Å². The van der Waals surface area contributed by atoms with Crippen LogP contribution in [-0.4, -0.2) is 55.5 Å². The summed E-state index contributed by atoms with van der Waals surface area (Å²) in [6.07, 6.45) is 8.81. The summed E-state index contributed by atoms with van der Waals surface area (Å²) >= 11 is 0. The van der Waals surface area contributed by atoms with Gasteiger partial charge in [0.2, 0.25) is 5.82 Å². The maximum absolute atomic E-state index is 11.2. The van der Waals surface area contributed by atoms with Crippen molar-refractivity contribution < 1.29 is 14.4 Å². The van der Waals surface area contributed by atoms with Gasteiger partial charge in [-0.05, 0) is 101 Å². The van der Waals surface area contributed by atoms with E-state index in [1.165, 1.54) is 54.5 Å². The highest BCUT2D eigenvalue weighted by Crippen LogP contribution is 2.34. The number of benzene rings is 1. The van der Waals surface area contributed by atoms with Crippen molar-refractivity contribution >= 4 is 5.97 Å². The second-order valence-electron chi connectivity index (χ2n) is 10.8. The average molecular weight is 506 g/mol. The van der Waals surface area contributed by atoms with E-state index in [0.29, 0.717) is 17.6 Å². The third kappa shape index (κ3) is 5.64. The number of carbonyl (C=O) groups is 1. The van der Waals surface area contributed by atoms with Gasteiger partial charge in [-0.15, -0.1) is 0 Å². The van der Waals surface area contributed by atoms with Crippen LogP contribution in [0.25, 0.3) is 23.0 Å². The maximum Gasteiger partial charge on any atom is 0.306 e. The zero-order valence-electron chi connectivity index (χ0n) is 22.4. The van der Waals surface area contributed by atoms with Crippen LogP contribution in [0.1, 0.15) is 80.2 Å². The molecule has 0 spiro atoms. The van der Waals surface area contributed by atoms with Gasteiger partial charge in [0, 0.05) is 30.3 Å². The first kappa shape index (κ1) is 25.6. The first-order chi connectivity index (χ1) is 17.9. The monoisotopic (exact) mass is 505 g/mol. The minimum atomic E-state index is -0.658. The van der Waals surface area contributed by atoms with E-state index >= 15 is 0 Å². The van der Waals surface area contributed by atoms with Gasteiger partial charge in [-0.2, -0.15) is 10.1 Å². The van der Waals surface area contributed by atoms with Crippen LogP contribution in [0.15, 0.2) is 22.7 Å². The molecule has 2 fully saturated rings. The molecule has 3 aromatic rings. The second kappa shape index (κ2) is 11.2. The molecule has 0 bridgehead atoms. The molecule has 0 amide bonds. The molecule has 3 heterocycles. The predicted octanol–water partition coefficient (Wildman–Crippen LogP) is 5.62. The lowest BCUT2D eigenvalue weighted by molar-refractivity contribution is -0.143. The normalized spacial score (nSPS) is 17.9. The third-order valence-corrected chi connectivity index (χ3v) is 8.35. The highest BCUT2D eigenvalue weighted by Gasteiger charge is 2.25. The number of aliphatic carboxylic acids is 1. The highest BCUT2D eigenvalue weighted by atomic mass is 16.5. The second-order valence-corrected chi connectivity index (χ2v) is 10.8. The molecule has 0 radical (unpaired) electrons. The van der Waals surface area contributed by atoms with Gasteiger partial charge >= 0.3 is 5.97 Å². The lowest BCUT2D eigenvalue weighted by Crippen LogP contribution is -2.37. The number of hydrogen-bond donors (Lipinski definition) is 1. The number of nitrogens with zero attached hydrogens (tertiary/aromatic N) is 5. The van der Waals surface area contributed by atoms with E-state index < -0.39 is 5.97 Å². The van der Waals surface area contributed by atoms with Crippen molar-refractivity contribution in [1.82, 2.24) is 24.8 Å². The van der Waals surface area contributed by atoms with Gasteiger partial charge in [0.1, 0.15) is 5.69 Å². The number of aromatic nitrogens is 4. The Balaban J connectivity index is 1.28. The van der Waals surface area contributed by atoms with Crippen LogP contribution in [0.3, 0.4) is 0 Å². The maximum atomic E-state index is 11.2. The van der Waals surface area contributed by atoms with Crippen LogP contribution in [0, 0.1) is 19.8 Å². The number of piperidine rings is 1. The average Bonchev–Trinajstić information content (AvgIpc) is 3.56. The summed E-state index contributed by atoms with van der Waals surface area (Å²) in [5.74, 6) is 0.794. The molecule has 37 heavy (non-hydrogen) atoms. The number of rotatable bonds is 8. The summed E-state index contributed by atoms with van der Waals surface area (Å²) < 4.78 is 7.81. The first-order valence-corrected chi connectivity index (χ1v) is 13.9. The highest BCUT2D eigenvalue weighted by molar-refractivity contribution is 5.70. The quantitative estimate of drug-likeness (QED) is 0.424. The largest absolute Gasteiger partial charge is 0.481 e. The molecule has 1 N–H and O–H groups in total. The Hall–Kier alpha value is -3.00. The summed E-state index contributed by atoms with van der Waals surface area (Å²) in [6, 6.07) is 6.43. The standard InChI is InChI=1S/C29H39N5O3/c1-4-34-26(21-8-6-5-7-9-21)18-25(31-34)27-30-28(37-32-27)23-16-19(2)24(20(3)17-23)12-15-33-13-10-22(11-14-33)29(35)36/h16-18,21-22H,4-15H2,1-3H3,(H,35,36). The molecular formula is C29H39N5O3. The van der Waals surface area contributed by atoms with Crippen molar-refractivity contribution in [3.63, 3.8) is 0 Å². The molecule has 5 rings (SSSR count). The molecule has 2 aromatic heterocycles. The van der Waals surface area contributed by atoms with E-state index in [2.05, 4.69) is 53.7 Å². The minimum Gasteiger partial charge on any atom is -0.481 e. The fourth-order valence-corrected chi connectivity index (χ4v) is 6.15. The summed E-state index contributed by atoms with van der Waals surface area (Å²) in [5.41, 5.74) is 6.78. The molecule has 1 aliphatic carbocycles. The van der Waals surface area contributed by atoms with Crippen LogP contribution in [0.4, 0.5) is 0 Å². The van der Waals surface area contributed by atoms with E-state index in [4.69, 9.17) is 14.6 Å². The Labute approximate surface area is 219 Å². The van der Waals surface area contributed by atoms with Gasteiger partial charge in [-0.3, -0.25) is 9.48 Å². The number of carboxylic acid groups (broad SMARTS) is 1. The number of hydrogen-bond acceptors (Lipinski definition) is 6. The minimum absolute atomic E-state index is 0.187. The Morgan fingerprint density at radius 1 is 1.05 bits per heavy atom. The fraction of sp³-hybridized carbons (Fsp3) is 0.586. The molecule has 8 heteroatoms. The van der Waals surface area contributed by atoms with Crippen molar-refractivity contribution in [3.05, 3.63) is 40.6 Å². The van der Waals surface area contributed by atoms with Gasteiger partial charge in [0.25, 0.3) is 5.89 Å². The van der Waals surface area contributed by atoms with E-state index in [1.807, 2.05) is 0 Å². The molecule has 1 aliphatic heterocycles. The molecule has 8 nitrogen and oxygen atoms in total. The van der Waals surface area contributed by atoms with E-state index in [-0.39, 0.29) is 5.92 Å². The van der Waals surface area contributed by atoms with E-state index in [1.54, 1.807) is 0 Å². The van der Waals surface area contributed by atoms with Gasteiger partial charge in [0.05, 0.1) is 5.92 Å². The zero-order chi connectivity index (χ0) is 25.9. The number of likely N-dealkylation sites (tertiary alicyclic amines) is 1. The SMILES string of the molecule is CCn1nc(-c2noc(-c3cc(C)c(CCN4CCC(C(=O)O)CC4)c(C)c3)n2)cc1C1CCCCC1. The fourth-order valence-electron chi connectivity index (χ4n) is 6.15. The lowest BCUT2D eigenvalue weighted by Gasteiger charge is -2.30. The van der Waals surface area contributed by atoms with E-state index in [0.717, 1.165) is 56.7 Å². The van der Waals surface area contributed by atoms with Crippen molar-refractivity contribution in [3.8, 4) is 23.0 Å². The van der Waals surface area contributed by atoms with Crippen LogP contribution >= 0.6 is 0 Å². The van der Waals surface area contributed by atoms with Crippen molar-refractivity contribution in [1.29, 1.82) is 0 Å². The van der Waals surface area contributed by atoms with Crippen molar-refractivity contribution in [2.24, 2.45) is 5.92 Å². The van der Waals surface area contributed by atoms with Gasteiger partial charge in [-0.1, -0.05) is 24.4 Å².